The number of aryl methyl sites for hydroxylation is 4. The first-order chi connectivity index (χ1) is 45.4. The van der Waals surface area contributed by atoms with Crippen molar-refractivity contribution in [3.8, 4) is 89.5 Å². The predicted octanol–water partition coefficient (Wildman–Crippen LogP) is 24.0. The topological polar surface area (TPSA) is 54.0 Å². The van der Waals surface area contributed by atoms with E-state index in [9.17, 15) is 0 Å². The van der Waals surface area contributed by atoms with Crippen molar-refractivity contribution in [1.29, 1.82) is 0 Å². The Balaban J connectivity index is 0.00000716. The number of benzene rings is 11. The molecule has 0 radical (unpaired) electrons. The molecule has 0 N–H and O–H groups in total. The summed E-state index contributed by atoms with van der Waals surface area (Å²) in [6.45, 7) is 9.10. The van der Waals surface area contributed by atoms with Gasteiger partial charge >= 0.3 is 20.4 Å². The van der Waals surface area contributed by atoms with Gasteiger partial charge in [0.1, 0.15) is 0 Å². The van der Waals surface area contributed by atoms with E-state index < -0.39 is 0 Å². The normalized spacial score (nSPS) is 11.9. The summed E-state index contributed by atoms with van der Waals surface area (Å²) in [7, 11) is 0. The van der Waals surface area contributed by atoms with Crippen LogP contribution in [0.15, 0.2) is 231 Å². The van der Waals surface area contributed by atoms with Crippen LogP contribution in [0.4, 0.5) is 0 Å². The molecule has 0 amide bonds. The Hall–Kier alpha value is -9.50. The van der Waals surface area contributed by atoms with Crippen LogP contribution in [0, 0.1) is 0 Å². The standard InChI is InChI=1S/C88H74N4.Pd/c1-5-9-21-55-33-41-59(42-34-55)77-81-69-31-19-20-32-70(69)82(89-81)78(60-43-35-56(36-44-60)22-10-6-2)84-72-50-64-26-14-16-28-66(64)52-74(72)86(91-84)80(62-47-39-58(40-48-62)24-12-8-4)88-76-54-68-30-18-17-29-67(68)53-75(76)87(92-88)79(61-45-37-57(38-46-61)23-11-7-3)85-73-51-65-27-15-13-25-63(65)49-71(73)83(77)90-85;/h13-20,25-54H,5-12,21-24H2,1-4H3;/q-2;+2. The molecule has 93 heavy (non-hydrogen) atoms. The SMILES string of the molecule is CCCCc1ccc(-c2c3nc(c(-c4ccc(CCCC)cc4)c4[n-]c(c(-c5ccc(CCCC)cc5)c5nc(c(-c6ccc(CCCC)cc6)c6[n-]c2c2cc7ccccc7cc62)-c2cc6ccccc6cc2-5)c2cc5ccccc5cc42)-c2ccccc2-3)cc1.[Pd+2]. The Morgan fingerprint density at radius 2 is 0.484 bits per heavy atom. The second-order valence-corrected chi connectivity index (χ2v) is 25.7. The van der Waals surface area contributed by atoms with E-state index in [-0.39, 0.29) is 20.4 Å². The van der Waals surface area contributed by atoms with Gasteiger partial charge in [-0.05, 0) is 208 Å². The van der Waals surface area contributed by atoms with Gasteiger partial charge in [-0.1, -0.05) is 248 Å². The van der Waals surface area contributed by atoms with E-state index in [4.69, 9.17) is 19.9 Å². The molecule has 0 saturated carbocycles. The zero-order valence-corrected chi connectivity index (χ0v) is 55.1. The minimum Gasteiger partial charge on any atom is -0.656 e. The summed E-state index contributed by atoms with van der Waals surface area (Å²) in [5, 5.41) is 11.2. The molecule has 11 aromatic carbocycles. The van der Waals surface area contributed by atoms with E-state index in [1.807, 2.05) is 0 Å². The smallest absolute Gasteiger partial charge is 0.656 e. The minimum atomic E-state index is 0. The van der Waals surface area contributed by atoms with Gasteiger partial charge in [0, 0.05) is 22.3 Å². The zero-order valence-electron chi connectivity index (χ0n) is 53.5. The third kappa shape index (κ3) is 10.8. The summed E-state index contributed by atoms with van der Waals surface area (Å²) < 4.78 is 0. The van der Waals surface area contributed by atoms with Gasteiger partial charge < -0.3 is 9.97 Å². The third-order valence-electron chi connectivity index (χ3n) is 19.7. The molecule has 0 saturated heterocycles. The van der Waals surface area contributed by atoms with Crippen LogP contribution in [0.1, 0.15) is 101 Å². The fourth-order valence-corrected chi connectivity index (χ4v) is 14.7. The monoisotopic (exact) mass is 1290 g/mol. The van der Waals surface area contributed by atoms with Crippen molar-refractivity contribution >= 4 is 75.9 Å². The van der Waals surface area contributed by atoms with Crippen molar-refractivity contribution < 1.29 is 20.4 Å². The molecule has 2 aromatic heterocycles. The van der Waals surface area contributed by atoms with E-state index >= 15 is 0 Å². The van der Waals surface area contributed by atoms with Gasteiger partial charge in [-0.3, -0.25) is 0 Å². The molecule has 1 aliphatic carbocycles. The van der Waals surface area contributed by atoms with Gasteiger partial charge in [-0.25, -0.2) is 9.97 Å². The van der Waals surface area contributed by atoms with Gasteiger partial charge in [0.15, 0.2) is 0 Å². The summed E-state index contributed by atoms with van der Waals surface area (Å²) in [6, 6.07) is 87.2. The van der Waals surface area contributed by atoms with Gasteiger partial charge in [-0.2, -0.15) is 0 Å². The fraction of sp³-hybridized carbons (Fsp3) is 0.182. The van der Waals surface area contributed by atoms with Crippen LogP contribution in [0.5, 0.6) is 0 Å². The third-order valence-corrected chi connectivity index (χ3v) is 19.7. The van der Waals surface area contributed by atoms with E-state index in [1.54, 1.807) is 0 Å². The zero-order chi connectivity index (χ0) is 61.8. The van der Waals surface area contributed by atoms with E-state index in [1.165, 1.54) is 22.3 Å². The second-order valence-electron chi connectivity index (χ2n) is 25.7. The second kappa shape index (κ2) is 25.5. The fourth-order valence-electron chi connectivity index (χ4n) is 14.7. The molecule has 4 heterocycles. The van der Waals surface area contributed by atoms with Crippen LogP contribution in [-0.2, 0) is 46.1 Å². The van der Waals surface area contributed by atoms with Crippen molar-refractivity contribution in [1.82, 2.24) is 19.9 Å². The Kier molecular flexibility index (Phi) is 16.4. The van der Waals surface area contributed by atoms with Crippen LogP contribution >= 0.6 is 0 Å². The molecule has 13 aromatic rings. The van der Waals surface area contributed by atoms with Crippen molar-refractivity contribution in [3.05, 3.63) is 253 Å². The van der Waals surface area contributed by atoms with E-state index in [0.29, 0.717) is 0 Å². The summed E-state index contributed by atoms with van der Waals surface area (Å²) in [5.74, 6) is 0. The Labute approximate surface area is 559 Å². The van der Waals surface area contributed by atoms with Crippen LogP contribution in [0.3, 0.4) is 0 Å². The minimum absolute atomic E-state index is 0. The number of unbranched alkanes of at least 4 members (excludes halogenated alkanes) is 4. The largest absolute Gasteiger partial charge is 2.00 e. The van der Waals surface area contributed by atoms with Crippen molar-refractivity contribution in [2.75, 3.05) is 0 Å². The molecule has 456 valence electrons. The molecule has 16 rings (SSSR count). The molecule has 0 atom stereocenters. The molecule has 5 heteroatoms. The number of hydrogen-bond acceptors (Lipinski definition) is 2. The first-order valence-electron chi connectivity index (χ1n) is 33.8. The molecular weight excluding hydrogens is 1220 g/mol. The maximum Gasteiger partial charge on any atom is 2.00 e. The van der Waals surface area contributed by atoms with Gasteiger partial charge in [0.05, 0.1) is 22.8 Å². The van der Waals surface area contributed by atoms with E-state index in [0.717, 1.165) is 243 Å². The maximum atomic E-state index is 6.31. The summed E-state index contributed by atoms with van der Waals surface area (Å²) >= 11 is 0. The number of hydrogen-bond donors (Lipinski definition) is 0. The van der Waals surface area contributed by atoms with Crippen LogP contribution in [0.25, 0.3) is 165 Å². The number of rotatable bonds is 16. The molecule has 0 spiro atoms. The van der Waals surface area contributed by atoms with E-state index in [2.05, 4.69) is 258 Å². The molecular formula is C88H74N4Pd. The molecule has 0 unspecified atom stereocenters. The summed E-state index contributed by atoms with van der Waals surface area (Å²) in [6.07, 6.45) is 13.1. The summed E-state index contributed by atoms with van der Waals surface area (Å²) in [5.41, 5.74) is 25.0. The first kappa shape index (κ1) is 59.8. The molecule has 2 aliphatic heterocycles. The predicted molar refractivity (Wildman–Crippen MR) is 392 cm³/mol. The quantitative estimate of drug-likeness (QED) is 0.0905. The molecule has 3 aliphatic rings. The summed E-state index contributed by atoms with van der Waals surface area (Å²) in [4.78, 5) is 25.1. The van der Waals surface area contributed by atoms with Crippen LogP contribution < -0.4 is 9.97 Å². The van der Waals surface area contributed by atoms with Gasteiger partial charge in [-0.15, -0.1) is 22.1 Å². The molecule has 8 bridgehead atoms. The average molecular weight is 1290 g/mol. The Morgan fingerprint density at radius 1 is 0.258 bits per heavy atom. The number of nitrogens with zero attached hydrogens (tertiary/aromatic N) is 4. The van der Waals surface area contributed by atoms with Crippen LogP contribution in [0.2, 0.25) is 0 Å². The number of aromatic nitrogens is 4. The maximum absolute atomic E-state index is 6.31. The Morgan fingerprint density at radius 3 is 0.731 bits per heavy atom. The van der Waals surface area contributed by atoms with Crippen molar-refractivity contribution in [3.63, 3.8) is 0 Å². The molecule has 0 fully saturated rings. The van der Waals surface area contributed by atoms with Crippen molar-refractivity contribution in [2.45, 2.75) is 105 Å². The first-order valence-corrected chi connectivity index (χ1v) is 33.8. The average Bonchev–Trinajstić information content (AvgIpc) is 1.57. The Bertz CT molecular complexity index is 5030. The molecule has 4 nitrogen and oxygen atoms in total. The number of fused-ring (bicyclic) bond motifs is 3. The van der Waals surface area contributed by atoms with Gasteiger partial charge in [0.25, 0.3) is 0 Å². The van der Waals surface area contributed by atoms with Crippen molar-refractivity contribution in [2.24, 2.45) is 0 Å². The van der Waals surface area contributed by atoms with Gasteiger partial charge in [0.2, 0.25) is 0 Å². The van der Waals surface area contributed by atoms with Crippen LogP contribution in [-0.4, -0.2) is 9.97 Å².